The molecule has 0 spiro atoms. The van der Waals surface area contributed by atoms with Gasteiger partial charge in [-0.05, 0) is 56.5 Å². The first-order valence-corrected chi connectivity index (χ1v) is 10.7. The van der Waals surface area contributed by atoms with Gasteiger partial charge in [-0.25, -0.2) is 9.97 Å². The molecular formula is C23H26N6O. The molecule has 2 aliphatic rings. The molecule has 7 nitrogen and oxygen atoms in total. The zero-order chi connectivity index (χ0) is 20.3. The molecule has 2 aliphatic heterocycles. The average molecular weight is 403 g/mol. The Bertz CT molecular complexity index is 995. The van der Waals surface area contributed by atoms with Crippen molar-refractivity contribution in [1.82, 2.24) is 29.3 Å². The molecule has 3 aromatic rings. The molecule has 0 aliphatic carbocycles. The van der Waals surface area contributed by atoms with Crippen molar-refractivity contribution in [2.45, 2.75) is 38.3 Å². The quantitative estimate of drug-likeness (QED) is 0.655. The topological polar surface area (TPSA) is 67.2 Å². The smallest absolute Gasteiger partial charge is 0.254 e. The average Bonchev–Trinajstić information content (AvgIpc) is 3.56. The van der Waals surface area contributed by atoms with Gasteiger partial charge in [0, 0.05) is 31.0 Å². The number of hydrogen-bond acceptors (Lipinski definition) is 5. The molecule has 0 N–H and O–H groups in total. The molecule has 0 bridgehead atoms. The Morgan fingerprint density at radius 2 is 1.83 bits per heavy atom. The molecule has 2 fully saturated rings. The van der Waals surface area contributed by atoms with Gasteiger partial charge in [-0.2, -0.15) is 0 Å². The number of likely N-dealkylation sites (tertiary alicyclic amines) is 2. The highest BCUT2D eigenvalue weighted by atomic mass is 16.2. The highest BCUT2D eigenvalue weighted by molar-refractivity contribution is 5.94. The van der Waals surface area contributed by atoms with Gasteiger partial charge in [0.05, 0.1) is 24.1 Å². The lowest BCUT2D eigenvalue weighted by molar-refractivity contribution is 0.0732. The van der Waals surface area contributed by atoms with E-state index in [2.05, 4.69) is 27.0 Å². The van der Waals surface area contributed by atoms with Crippen molar-refractivity contribution in [3.63, 3.8) is 0 Å². The van der Waals surface area contributed by atoms with E-state index < -0.39 is 0 Å². The van der Waals surface area contributed by atoms with Gasteiger partial charge < -0.3 is 4.90 Å². The minimum atomic E-state index is -0.0438. The maximum Gasteiger partial charge on any atom is 0.254 e. The standard InChI is InChI=1S/C23H26N6O/c30-23(19-7-5-18(6-8-19)16-27-10-1-2-11-27)29-12-3-4-21(29)20-14-25-15-22(26-20)28-13-9-24-17-28/h5-9,13-15,17,21H,1-4,10-12,16H2. The number of carbonyl (C=O) groups excluding carboxylic acids is 1. The molecule has 30 heavy (non-hydrogen) atoms. The van der Waals surface area contributed by atoms with Crippen LogP contribution in [0.2, 0.25) is 0 Å². The third-order valence-electron chi connectivity index (χ3n) is 6.07. The molecule has 0 radical (unpaired) electrons. The molecular weight excluding hydrogens is 376 g/mol. The minimum absolute atomic E-state index is 0.0438. The van der Waals surface area contributed by atoms with Crippen molar-refractivity contribution in [1.29, 1.82) is 0 Å². The van der Waals surface area contributed by atoms with Crippen molar-refractivity contribution < 1.29 is 4.79 Å². The van der Waals surface area contributed by atoms with Crippen LogP contribution in [0, 0.1) is 0 Å². The SMILES string of the molecule is O=C(c1ccc(CN2CCCC2)cc1)N1CCCC1c1cncc(-n2ccnc2)n1. The van der Waals surface area contributed by atoms with Gasteiger partial charge >= 0.3 is 0 Å². The molecule has 2 saturated heterocycles. The molecule has 0 saturated carbocycles. The fourth-order valence-corrected chi connectivity index (χ4v) is 4.48. The van der Waals surface area contributed by atoms with Gasteiger partial charge in [-0.3, -0.25) is 19.2 Å². The highest BCUT2D eigenvalue weighted by Gasteiger charge is 2.32. The van der Waals surface area contributed by atoms with Crippen LogP contribution in [0.4, 0.5) is 0 Å². The van der Waals surface area contributed by atoms with Gasteiger partial charge in [0.15, 0.2) is 5.82 Å². The highest BCUT2D eigenvalue weighted by Crippen LogP contribution is 2.32. The van der Waals surface area contributed by atoms with Crippen LogP contribution in [0.5, 0.6) is 0 Å². The first-order valence-electron chi connectivity index (χ1n) is 10.7. The van der Waals surface area contributed by atoms with E-state index >= 15 is 0 Å². The Morgan fingerprint density at radius 1 is 1.00 bits per heavy atom. The van der Waals surface area contributed by atoms with Crippen LogP contribution in [-0.4, -0.2) is 54.9 Å². The summed E-state index contributed by atoms with van der Waals surface area (Å²) in [7, 11) is 0. The van der Waals surface area contributed by atoms with Crippen molar-refractivity contribution in [3.05, 3.63) is 72.2 Å². The third-order valence-corrected chi connectivity index (χ3v) is 6.07. The number of carbonyl (C=O) groups is 1. The summed E-state index contributed by atoms with van der Waals surface area (Å²) in [4.78, 5) is 30.9. The third kappa shape index (κ3) is 3.85. The van der Waals surface area contributed by atoms with Crippen LogP contribution in [0.1, 0.15) is 53.3 Å². The fourth-order valence-electron chi connectivity index (χ4n) is 4.48. The van der Waals surface area contributed by atoms with Gasteiger partial charge in [0.1, 0.15) is 6.33 Å². The molecule has 1 aromatic carbocycles. The van der Waals surface area contributed by atoms with Gasteiger partial charge in [0.25, 0.3) is 5.91 Å². The van der Waals surface area contributed by atoms with E-state index in [0.29, 0.717) is 0 Å². The monoisotopic (exact) mass is 402 g/mol. The number of imidazole rings is 1. The second-order valence-corrected chi connectivity index (χ2v) is 8.11. The first kappa shape index (κ1) is 18.9. The van der Waals surface area contributed by atoms with Crippen molar-refractivity contribution >= 4 is 5.91 Å². The Balaban J connectivity index is 1.32. The Morgan fingerprint density at radius 3 is 2.60 bits per heavy atom. The summed E-state index contributed by atoms with van der Waals surface area (Å²) in [6.07, 6.45) is 13.2. The number of benzene rings is 1. The molecule has 7 heteroatoms. The summed E-state index contributed by atoms with van der Waals surface area (Å²) >= 11 is 0. The lowest BCUT2D eigenvalue weighted by Crippen LogP contribution is -2.31. The van der Waals surface area contributed by atoms with Crippen LogP contribution in [0.15, 0.2) is 55.4 Å². The summed E-state index contributed by atoms with van der Waals surface area (Å²) in [5.74, 6) is 0.788. The second-order valence-electron chi connectivity index (χ2n) is 8.11. The van der Waals surface area contributed by atoms with Gasteiger partial charge in [-0.15, -0.1) is 0 Å². The Kier molecular flexibility index (Phi) is 5.27. The van der Waals surface area contributed by atoms with Crippen LogP contribution in [0.25, 0.3) is 5.82 Å². The van der Waals surface area contributed by atoms with E-state index in [1.165, 1.54) is 31.5 Å². The summed E-state index contributed by atoms with van der Waals surface area (Å²) in [6, 6.07) is 8.08. The largest absolute Gasteiger partial charge is 0.330 e. The zero-order valence-corrected chi connectivity index (χ0v) is 17.0. The predicted molar refractivity (Wildman–Crippen MR) is 113 cm³/mol. The van der Waals surface area contributed by atoms with E-state index in [-0.39, 0.29) is 11.9 Å². The lowest BCUT2D eigenvalue weighted by atomic mass is 10.1. The van der Waals surface area contributed by atoms with E-state index in [4.69, 9.17) is 4.98 Å². The number of aromatic nitrogens is 4. The second kappa shape index (κ2) is 8.36. The van der Waals surface area contributed by atoms with Crippen molar-refractivity contribution in [2.24, 2.45) is 0 Å². The number of nitrogens with zero attached hydrogens (tertiary/aromatic N) is 6. The normalized spacial score (nSPS) is 19.5. The number of hydrogen-bond donors (Lipinski definition) is 0. The van der Waals surface area contributed by atoms with Crippen molar-refractivity contribution in [2.75, 3.05) is 19.6 Å². The zero-order valence-electron chi connectivity index (χ0n) is 17.0. The molecule has 2 aromatic heterocycles. The van der Waals surface area contributed by atoms with Gasteiger partial charge in [0.2, 0.25) is 0 Å². The van der Waals surface area contributed by atoms with Crippen LogP contribution in [-0.2, 0) is 6.54 Å². The molecule has 1 atom stereocenters. The first-order chi connectivity index (χ1) is 14.8. The number of rotatable bonds is 5. The van der Waals surface area contributed by atoms with E-state index in [0.717, 1.165) is 43.0 Å². The molecule has 1 amide bonds. The molecule has 1 unspecified atom stereocenters. The van der Waals surface area contributed by atoms with E-state index in [9.17, 15) is 4.79 Å². The molecule has 4 heterocycles. The Labute approximate surface area is 176 Å². The Hall–Kier alpha value is -3.06. The summed E-state index contributed by atoms with van der Waals surface area (Å²) in [5, 5.41) is 0. The minimum Gasteiger partial charge on any atom is -0.330 e. The lowest BCUT2D eigenvalue weighted by Gasteiger charge is -2.24. The predicted octanol–water partition coefficient (Wildman–Crippen LogP) is 3.24. The maximum atomic E-state index is 13.3. The van der Waals surface area contributed by atoms with E-state index in [1.807, 2.05) is 27.8 Å². The van der Waals surface area contributed by atoms with Crippen LogP contribution in [0.3, 0.4) is 0 Å². The summed E-state index contributed by atoms with van der Waals surface area (Å²) in [5.41, 5.74) is 2.84. The number of amides is 1. The molecule has 154 valence electrons. The van der Waals surface area contributed by atoms with E-state index in [1.54, 1.807) is 24.9 Å². The van der Waals surface area contributed by atoms with Crippen molar-refractivity contribution in [3.8, 4) is 5.82 Å². The molecule has 5 rings (SSSR count). The maximum absolute atomic E-state index is 13.3. The fraction of sp³-hybridized carbons (Fsp3) is 0.391. The van der Waals surface area contributed by atoms with Crippen LogP contribution >= 0.6 is 0 Å². The van der Waals surface area contributed by atoms with Crippen LogP contribution < -0.4 is 0 Å². The summed E-state index contributed by atoms with van der Waals surface area (Å²) < 4.78 is 1.83. The summed E-state index contributed by atoms with van der Waals surface area (Å²) in [6.45, 7) is 4.07. The van der Waals surface area contributed by atoms with Gasteiger partial charge in [-0.1, -0.05) is 12.1 Å².